The van der Waals surface area contributed by atoms with Crippen molar-refractivity contribution in [2.45, 2.75) is 70.6 Å². The van der Waals surface area contributed by atoms with Crippen molar-refractivity contribution >= 4 is 0 Å². The van der Waals surface area contributed by atoms with Gasteiger partial charge in [0.2, 0.25) is 0 Å². The molecule has 0 aromatic heterocycles. The first-order chi connectivity index (χ1) is 12.7. The van der Waals surface area contributed by atoms with E-state index in [0.717, 1.165) is 18.3 Å². The van der Waals surface area contributed by atoms with Crippen LogP contribution in [-0.4, -0.2) is 0 Å². The summed E-state index contributed by atoms with van der Waals surface area (Å²) < 4.78 is 0. The van der Waals surface area contributed by atoms with Crippen molar-refractivity contribution < 1.29 is 0 Å². The van der Waals surface area contributed by atoms with Gasteiger partial charge in [-0.15, -0.1) is 0 Å². The van der Waals surface area contributed by atoms with Crippen molar-refractivity contribution in [1.29, 1.82) is 5.26 Å². The molecule has 0 saturated heterocycles. The van der Waals surface area contributed by atoms with E-state index in [1.54, 1.807) is 6.08 Å². The summed E-state index contributed by atoms with van der Waals surface area (Å²) in [6.45, 7) is 6.76. The third-order valence-electron chi connectivity index (χ3n) is 6.85. The van der Waals surface area contributed by atoms with Gasteiger partial charge in [-0.05, 0) is 92.6 Å². The van der Waals surface area contributed by atoms with Crippen LogP contribution in [-0.2, 0) is 6.42 Å². The van der Waals surface area contributed by atoms with E-state index < -0.39 is 0 Å². The van der Waals surface area contributed by atoms with E-state index in [-0.39, 0.29) is 0 Å². The van der Waals surface area contributed by atoms with Crippen molar-refractivity contribution in [2.75, 3.05) is 0 Å². The molecule has 0 radical (unpaired) electrons. The molecule has 26 heavy (non-hydrogen) atoms. The summed E-state index contributed by atoms with van der Waals surface area (Å²) in [4.78, 5) is 0. The second-order valence-electron chi connectivity index (χ2n) is 8.32. The van der Waals surface area contributed by atoms with Gasteiger partial charge < -0.3 is 0 Å². The summed E-state index contributed by atoms with van der Waals surface area (Å²) in [6.07, 6.45) is 15.1. The molecule has 1 heteroatoms. The molecule has 1 aromatic rings. The minimum Gasteiger partial charge on any atom is -0.193 e. The van der Waals surface area contributed by atoms with Crippen molar-refractivity contribution in [1.82, 2.24) is 0 Å². The van der Waals surface area contributed by atoms with Gasteiger partial charge in [0.15, 0.2) is 0 Å². The predicted octanol–water partition coefficient (Wildman–Crippen LogP) is 6.97. The van der Waals surface area contributed by atoms with E-state index in [4.69, 9.17) is 5.26 Å². The van der Waals surface area contributed by atoms with E-state index >= 15 is 0 Å². The van der Waals surface area contributed by atoms with Crippen LogP contribution < -0.4 is 0 Å². The van der Waals surface area contributed by atoms with E-state index in [1.165, 1.54) is 68.1 Å². The fraction of sp³-hybridized carbons (Fsp3) is 0.560. The molecule has 2 aliphatic rings. The maximum atomic E-state index is 8.69. The summed E-state index contributed by atoms with van der Waals surface area (Å²) in [5.74, 6) is 2.81. The van der Waals surface area contributed by atoms with Crippen LogP contribution in [0.3, 0.4) is 0 Å². The smallest absolute Gasteiger partial charge is 0.0908 e. The second-order valence-corrected chi connectivity index (χ2v) is 8.32. The number of hydrogen-bond donors (Lipinski definition) is 0. The molecule has 1 nitrogen and oxygen atoms in total. The minimum atomic E-state index is 0.612. The quantitative estimate of drug-likeness (QED) is 0.417. The molecule has 2 saturated carbocycles. The highest BCUT2D eigenvalue weighted by molar-refractivity contribution is 5.26. The topological polar surface area (TPSA) is 23.8 Å². The molecule has 138 valence electrons. The lowest BCUT2D eigenvalue weighted by molar-refractivity contribution is 0.290. The first-order valence-electron chi connectivity index (χ1n) is 10.5. The summed E-state index contributed by atoms with van der Waals surface area (Å²) >= 11 is 0. The number of nitrogens with zero attached hydrogens (tertiary/aromatic N) is 1. The lowest BCUT2D eigenvalue weighted by Gasteiger charge is -2.36. The van der Waals surface area contributed by atoms with Crippen molar-refractivity contribution in [3.63, 3.8) is 0 Å². The lowest BCUT2D eigenvalue weighted by atomic mass is 9.70. The van der Waals surface area contributed by atoms with Gasteiger partial charge in [-0.1, -0.05) is 49.4 Å². The molecular formula is C25H33N. The number of nitriles is 1. The van der Waals surface area contributed by atoms with Crippen molar-refractivity contribution in [2.24, 2.45) is 17.8 Å². The first-order valence-corrected chi connectivity index (χ1v) is 10.5. The van der Waals surface area contributed by atoms with Gasteiger partial charge in [0, 0.05) is 6.08 Å². The molecule has 2 aliphatic carbocycles. The maximum Gasteiger partial charge on any atom is 0.0908 e. The molecular weight excluding hydrogens is 314 g/mol. The standard InChI is InChI=1S/C25H33N/c1-3-20-6-12-24(13-7-20)25-16-14-23(15-17-25)19(2)22-10-8-21(9-11-22)5-4-18-26/h4-7,12-13,21-23,25H,2-3,8-11,14-17H2,1H3/b5-4+/t21-,22-,23-,25-. The van der Waals surface area contributed by atoms with Gasteiger partial charge in [0.25, 0.3) is 0 Å². The Morgan fingerprint density at radius 1 is 1.00 bits per heavy atom. The first kappa shape index (κ1) is 19.0. The van der Waals surface area contributed by atoms with Gasteiger partial charge >= 0.3 is 0 Å². The Kier molecular flexibility index (Phi) is 6.73. The molecule has 1 aromatic carbocycles. The van der Waals surface area contributed by atoms with E-state index in [2.05, 4.69) is 49.9 Å². The van der Waals surface area contributed by atoms with Crippen LogP contribution in [0.2, 0.25) is 0 Å². The van der Waals surface area contributed by atoms with E-state index in [1.807, 2.05) is 0 Å². The summed E-state index contributed by atoms with van der Waals surface area (Å²) in [5, 5.41) is 8.69. The lowest BCUT2D eigenvalue weighted by Crippen LogP contribution is -2.22. The van der Waals surface area contributed by atoms with E-state index in [0.29, 0.717) is 11.8 Å². The Bertz CT molecular complexity index is 644. The molecule has 0 aliphatic heterocycles. The monoisotopic (exact) mass is 347 g/mol. The van der Waals surface area contributed by atoms with Crippen LogP contribution in [0.15, 0.2) is 48.6 Å². The highest BCUT2D eigenvalue weighted by Crippen LogP contribution is 2.43. The zero-order chi connectivity index (χ0) is 18.4. The average molecular weight is 348 g/mol. The highest BCUT2D eigenvalue weighted by atomic mass is 14.3. The number of benzene rings is 1. The summed E-state index contributed by atoms with van der Waals surface area (Å²) in [6, 6.07) is 11.4. The van der Waals surface area contributed by atoms with E-state index in [9.17, 15) is 0 Å². The molecule has 0 atom stereocenters. The molecule has 0 N–H and O–H groups in total. The fourth-order valence-electron chi connectivity index (χ4n) is 5.02. The Hall–Kier alpha value is -1.81. The summed E-state index contributed by atoms with van der Waals surface area (Å²) in [7, 11) is 0. The average Bonchev–Trinajstić information content (AvgIpc) is 2.72. The van der Waals surface area contributed by atoms with Gasteiger partial charge in [-0.3, -0.25) is 0 Å². The zero-order valence-electron chi connectivity index (χ0n) is 16.3. The van der Waals surface area contributed by atoms with Crippen LogP contribution in [0, 0.1) is 29.1 Å². The normalized spacial score (nSPS) is 29.4. The molecule has 0 bridgehead atoms. The minimum absolute atomic E-state index is 0.612. The molecule has 0 heterocycles. The SMILES string of the molecule is C=C([C@H]1CC[C@H](/C=C/C#N)CC1)[C@H]1CC[C@H](c2ccc(CC)cc2)CC1. The molecule has 0 unspecified atom stereocenters. The van der Waals surface area contributed by atoms with Crippen LogP contribution in [0.25, 0.3) is 0 Å². The van der Waals surface area contributed by atoms with Crippen molar-refractivity contribution in [3.8, 4) is 6.07 Å². The largest absolute Gasteiger partial charge is 0.193 e. The number of aryl methyl sites for hydroxylation is 1. The third kappa shape index (κ3) is 4.67. The number of hydrogen-bond acceptors (Lipinski definition) is 1. The van der Waals surface area contributed by atoms with Crippen molar-refractivity contribution in [3.05, 3.63) is 59.7 Å². The summed E-state index contributed by atoms with van der Waals surface area (Å²) in [5.41, 5.74) is 4.51. The molecule has 0 spiro atoms. The Morgan fingerprint density at radius 2 is 1.58 bits per heavy atom. The van der Waals surface area contributed by atoms with Crippen LogP contribution >= 0.6 is 0 Å². The second kappa shape index (κ2) is 9.22. The molecule has 2 fully saturated rings. The zero-order valence-corrected chi connectivity index (χ0v) is 16.3. The Morgan fingerprint density at radius 3 is 2.12 bits per heavy atom. The van der Waals surface area contributed by atoms with Gasteiger partial charge in [0.05, 0.1) is 6.07 Å². The predicted molar refractivity (Wildman–Crippen MR) is 110 cm³/mol. The number of rotatable bonds is 5. The Labute approximate surface area is 159 Å². The molecule has 3 rings (SSSR count). The Balaban J connectivity index is 1.48. The molecule has 0 amide bonds. The van der Waals surface area contributed by atoms with Crippen LogP contribution in [0.1, 0.15) is 75.3 Å². The van der Waals surface area contributed by atoms with Gasteiger partial charge in [0.1, 0.15) is 0 Å². The van der Waals surface area contributed by atoms with Crippen LogP contribution in [0.5, 0.6) is 0 Å². The highest BCUT2D eigenvalue weighted by Gasteiger charge is 2.29. The van der Waals surface area contributed by atoms with Gasteiger partial charge in [-0.2, -0.15) is 5.26 Å². The van der Waals surface area contributed by atoms with Gasteiger partial charge in [-0.25, -0.2) is 0 Å². The third-order valence-corrected chi connectivity index (χ3v) is 6.85. The van der Waals surface area contributed by atoms with Crippen LogP contribution in [0.4, 0.5) is 0 Å². The fourth-order valence-corrected chi connectivity index (χ4v) is 5.02. The number of allylic oxidation sites excluding steroid dienone is 3. The maximum absolute atomic E-state index is 8.69.